The van der Waals surface area contributed by atoms with Crippen LogP contribution >= 0.6 is 23.2 Å². The summed E-state index contributed by atoms with van der Waals surface area (Å²) in [5, 5.41) is 22.3. The quantitative estimate of drug-likeness (QED) is 0.300. The molecular formula is C27H19Cl2NO5. The molecule has 4 aromatic rings. The van der Waals surface area contributed by atoms with Gasteiger partial charge in [0.05, 0.1) is 11.6 Å². The van der Waals surface area contributed by atoms with Gasteiger partial charge in [-0.25, -0.2) is 0 Å². The number of carbonyl (C=O) groups is 2. The number of Topliss-reactive ketones (excluding diaryl/α,β-unsaturated/α-hetero) is 1. The van der Waals surface area contributed by atoms with E-state index < -0.39 is 23.5 Å². The number of aliphatic hydroxyl groups excluding tert-OH is 1. The third-order valence-electron chi connectivity index (χ3n) is 6.01. The van der Waals surface area contributed by atoms with Crippen LogP contribution in [0.3, 0.4) is 0 Å². The van der Waals surface area contributed by atoms with Crippen LogP contribution in [0.25, 0.3) is 11.0 Å². The summed E-state index contributed by atoms with van der Waals surface area (Å²) in [4.78, 5) is 28.2. The monoisotopic (exact) mass is 507 g/mol. The number of fused-ring (bicyclic) bond motifs is 1. The molecule has 176 valence electrons. The largest absolute Gasteiger partial charge is 0.508 e. The van der Waals surface area contributed by atoms with Crippen LogP contribution in [0, 0.1) is 0 Å². The molecule has 1 aliphatic rings. The lowest BCUT2D eigenvalue weighted by molar-refractivity contribution is -0.129. The molecule has 1 atom stereocenters. The van der Waals surface area contributed by atoms with Crippen molar-refractivity contribution in [1.82, 2.24) is 4.90 Å². The highest BCUT2D eigenvalue weighted by atomic mass is 35.5. The molecule has 0 fully saturated rings. The van der Waals surface area contributed by atoms with Crippen molar-refractivity contribution >= 4 is 45.9 Å². The van der Waals surface area contributed by atoms with Gasteiger partial charge in [-0.3, -0.25) is 9.59 Å². The Morgan fingerprint density at radius 1 is 0.914 bits per heavy atom. The van der Waals surface area contributed by atoms with E-state index in [1.807, 2.05) is 12.1 Å². The smallest absolute Gasteiger partial charge is 0.290 e. The second-order valence-electron chi connectivity index (χ2n) is 8.25. The third-order valence-corrected chi connectivity index (χ3v) is 6.50. The Bertz CT molecular complexity index is 1470. The number of aliphatic hydroxyl groups is 1. The van der Waals surface area contributed by atoms with Crippen LogP contribution in [0.2, 0.25) is 10.0 Å². The van der Waals surface area contributed by atoms with Gasteiger partial charge in [0.25, 0.3) is 5.91 Å². The SMILES string of the molecule is O=C(C1=C(O)C(=O)N(CCc2ccc(Cl)cc2)C1c1ccc(O)cc1)c1cc2cc(Cl)ccc2o1. The number of benzene rings is 3. The first-order chi connectivity index (χ1) is 16.8. The fourth-order valence-corrected chi connectivity index (χ4v) is 4.59. The molecule has 0 aliphatic carbocycles. The number of phenols is 1. The van der Waals surface area contributed by atoms with Crippen molar-refractivity contribution in [2.75, 3.05) is 6.54 Å². The Labute approximate surface area is 210 Å². The third kappa shape index (κ3) is 4.38. The highest BCUT2D eigenvalue weighted by Gasteiger charge is 2.44. The molecule has 1 aromatic heterocycles. The average molecular weight is 508 g/mol. The lowest BCUT2D eigenvalue weighted by Gasteiger charge is -2.26. The first-order valence-electron chi connectivity index (χ1n) is 10.8. The average Bonchev–Trinajstić information content (AvgIpc) is 3.37. The standard InChI is InChI=1S/C27H19Cl2NO5/c28-18-5-1-15(2-6-18)11-12-30-24(16-3-8-20(31)9-4-16)23(26(33)27(30)34)25(32)22-14-17-13-19(29)7-10-21(17)35-22/h1-10,13-14,24,31,33H,11-12H2. The van der Waals surface area contributed by atoms with Gasteiger partial charge in [0.15, 0.2) is 11.5 Å². The predicted octanol–water partition coefficient (Wildman–Crippen LogP) is 6.27. The van der Waals surface area contributed by atoms with Crippen molar-refractivity contribution in [1.29, 1.82) is 0 Å². The number of nitrogens with zero attached hydrogens (tertiary/aromatic N) is 1. The van der Waals surface area contributed by atoms with Crippen LogP contribution in [-0.2, 0) is 11.2 Å². The van der Waals surface area contributed by atoms with Gasteiger partial charge < -0.3 is 19.5 Å². The maximum atomic E-state index is 13.6. The summed E-state index contributed by atoms with van der Waals surface area (Å²) < 4.78 is 5.72. The maximum absolute atomic E-state index is 13.6. The molecule has 0 bridgehead atoms. The van der Waals surface area contributed by atoms with E-state index in [4.69, 9.17) is 27.6 Å². The number of rotatable bonds is 6. The zero-order valence-electron chi connectivity index (χ0n) is 18.2. The predicted molar refractivity (Wildman–Crippen MR) is 133 cm³/mol. The topological polar surface area (TPSA) is 91.0 Å². The minimum atomic E-state index is -0.861. The summed E-state index contributed by atoms with van der Waals surface area (Å²) in [5.41, 5.74) is 1.89. The normalized spacial score (nSPS) is 15.9. The number of ketones is 1. The van der Waals surface area contributed by atoms with E-state index >= 15 is 0 Å². The van der Waals surface area contributed by atoms with Crippen LogP contribution in [0.1, 0.15) is 27.7 Å². The zero-order chi connectivity index (χ0) is 24.7. The summed E-state index contributed by atoms with van der Waals surface area (Å²) in [5.74, 6) is -1.85. The first-order valence-corrected chi connectivity index (χ1v) is 11.6. The molecule has 0 saturated carbocycles. The van der Waals surface area contributed by atoms with E-state index in [0.717, 1.165) is 5.56 Å². The summed E-state index contributed by atoms with van der Waals surface area (Å²) in [6.07, 6.45) is 0.482. The fourth-order valence-electron chi connectivity index (χ4n) is 4.28. The first kappa shape index (κ1) is 23.0. The minimum Gasteiger partial charge on any atom is -0.508 e. The number of amides is 1. The molecule has 1 unspecified atom stereocenters. The zero-order valence-corrected chi connectivity index (χ0v) is 19.8. The van der Waals surface area contributed by atoms with Gasteiger partial charge in [-0.15, -0.1) is 0 Å². The molecule has 35 heavy (non-hydrogen) atoms. The van der Waals surface area contributed by atoms with Crippen molar-refractivity contribution in [3.8, 4) is 5.75 Å². The molecule has 2 heterocycles. The number of aromatic hydroxyl groups is 1. The number of carbonyl (C=O) groups excluding carboxylic acids is 2. The molecule has 6 nitrogen and oxygen atoms in total. The van der Waals surface area contributed by atoms with Gasteiger partial charge in [-0.2, -0.15) is 0 Å². The number of hydrogen-bond acceptors (Lipinski definition) is 5. The Morgan fingerprint density at radius 3 is 2.31 bits per heavy atom. The van der Waals surface area contributed by atoms with Crippen LogP contribution in [0.5, 0.6) is 5.75 Å². The van der Waals surface area contributed by atoms with Crippen molar-refractivity contribution in [3.05, 3.63) is 111 Å². The summed E-state index contributed by atoms with van der Waals surface area (Å²) in [6, 6.07) is 19.1. The molecule has 0 saturated heterocycles. The van der Waals surface area contributed by atoms with Crippen LogP contribution < -0.4 is 0 Å². The van der Waals surface area contributed by atoms with E-state index in [2.05, 4.69) is 0 Å². The number of phenolic OH excluding ortho intramolecular Hbond substituents is 1. The van der Waals surface area contributed by atoms with Gasteiger partial charge in [-0.1, -0.05) is 47.5 Å². The van der Waals surface area contributed by atoms with Gasteiger partial charge >= 0.3 is 0 Å². The fraction of sp³-hybridized carbons (Fsp3) is 0.111. The van der Waals surface area contributed by atoms with Gasteiger partial charge in [0.1, 0.15) is 11.3 Å². The van der Waals surface area contributed by atoms with Gasteiger partial charge in [0.2, 0.25) is 5.78 Å². The molecular weight excluding hydrogens is 489 g/mol. The number of hydrogen-bond donors (Lipinski definition) is 2. The Morgan fingerprint density at radius 2 is 1.60 bits per heavy atom. The molecule has 1 aliphatic heterocycles. The van der Waals surface area contributed by atoms with Crippen molar-refractivity contribution < 1.29 is 24.2 Å². The molecule has 0 radical (unpaired) electrons. The van der Waals surface area contributed by atoms with Gasteiger partial charge in [-0.05, 0) is 66.1 Å². The van der Waals surface area contributed by atoms with E-state index in [0.29, 0.717) is 33.0 Å². The maximum Gasteiger partial charge on any atom is 0.290 e. The Kier molecular flexibility index (Phi) is 6.01. The lowest BCUT2D eigenvalue weighted by atomic mass is 9.94. The molecule has 1 amide bonds. The molecule has 5 rings (SSSR count). The highest BCUT2D eigenvalue weighted by Crippen LogP contribution is 2.40. The Balaban J connectivity index is 1.53. The van der Waals surface area contributed by atoms with E-state index in [9.17, 15) is 19.8 Å². The molecule has 0 spiro atoms. The summed E-state index contributed by atoms with van der Waals surface area (Å²) in [6.45, 7) is 0.239. The van der Waals surface area contributed by atoms with E-state index in [1.54, 1.807) is 48.5 Å². The number of furan rings is 1. The molecule has 8 heteroatoms. The van der Waals surface area contributed by atoms with Crippen molar-refractivity contribution in [2.24, 2.45) is 0 Å². The van der Waals surface area contributed by atoms with Crippen molar-refractivity contribution in [2.45, 2.75) is 12.5 Å². The Hall–Kier alpha value is -3.74. The van der Waals surface area contributed by atoms with Crippen LogP contribution in [0.15, 0.2) is 88.5 Å². The number of halogens is 2. The van der Waals surface area contributed by atoms with E-state index in [-0.39, 0.29) is 23.6 Å². The second-order valence-corrected chi connectivity index (χ2v) is 9.13. The molecule has 3 aromatic carbocycles. The van der Waals surface area contributed by atoms with Gasteiger partial charge in [0, 0.05) is 22.0 Å². The van der Waals surface area contributed by atoms with Crippen LogP contribution in [0.4, 0.5) is 0 Å². The summed E-state index contributed by atoms with van der Waals surface area (Å²) >= 11 is 12.0. The lowest BCUT2D eigenvalue weighted by Crippen LogP contribution is -2.33. The minimum absolute atomic E-state index is 0.0139. The van der Waals surface area contributed by atoms with E-state index in [1.165, 1.54) is 17.0 Å². The van der Waals surface area contributed by atoms with Crippen molar-refractivity contribution in [3.63, 3.8) is 0 Å². The second kappa shape index (κ2) is 9.13. The van der Waals surface area contributed by atoms with Crippen LogP contribution in [-0.4, -0.2) is 33.3 Å². The molecule has 2 N–H and O–H groups in total. The summed E-state index contributed by atoms with van der Waals surface area (Å²) in [7, 11) is 0. The highest BCUT2D eigenvalue weighted by molar-refractivity contribution is 6.31.